The minimum absolute atomic E-state index is 0.241. The van der Waals surface area contributed by atoms with E-state index in [1.54, 1.807) is 34.6 Å². The Morgan fingerprint density at radius 2 is 1.83 bits per heavy atom. The van der Waals surface area contributed by atoms with E-state index in [2.05, 4.69) is 0 Å². The molecule has 0 bridgehead atoms. The van der Waals surface area contributed by atoms with Gasteiger partial charge in [-0.2, -0.15) is 0 Å². The van der Waals surface area contributed by atoms with Crippen molar-refractivity contribution < 1.29 is 23.8 Å². The predicted molar refractivity (Wildman–Crippen MR) is 63.1 cm³/mol. The zero-order chi connectivity index (χ0) is 14.4. The molecule has 1 unspecified atom stereocenters. The Morgan fingerprint density at radius 3 is 2.17 bits per heavy atom. The normalized spacial score (nSPS) is 27.1. The molecule has 104 valence electrons. The Morgan fingerprint density at radius 1 is 1.33 bits per heavy atom. The summed E-state index contributed by atoms with van der Waals surface area (Å²) in [7, 11) is 0. The number of carboxylic acids is 1. The van der Waals surface area contributed by atoms with Gasteiger partial charge in [-0.25, -0.2) is 14.0 Å². The standard InChI is InChI=1S/C12H20FNO4/c1-10(2,3)18-9(17)14-7-12(13,8(15)16)6-11(14,4)5/h6-7H2,1-5H3,(H,15,16). The highest BCUT2D eigenvalue weighted by atomic mass is 19.1. The molecule has 0 spiro atoms. The van der Waals surface area contributed by atoms with Gasteiger partial charge in [0.15, 0.2) is 0 Å². The lowest BCUT2D eigenvalue weighted by Crippen LogP contribution is -2.46. The van der Waals surface area contributed by atoms with Crippen LogP contribution in [0.5, 0.6) is 0 Å². The van der Waals surface area contributed by atoms with E-state index in [4.69, 9.17) is 9.84 Å². The minimum Gasteiger partial charge on any atom is -0.479 e. The molecule has 5 nitrogen and oxygen atoms in total. The highest BCUT2D eigenvalue weighted by molar-refractivity contribution is 5.81. The van der Waals surface area contributed by atoms with Gasteiger partial charge < -0.3 is 9.84 Å². The number of likely N-dealkylation sites (tertiary alicyclic amines) is 1. The Balaban J connectivity index is 2.91. The highest BCUT2D eigenvalue weighted by Crippen LogP contribution is 2.39. The number of hydrogen-bond donors (Lipinski definition) is 1. The summed E-state index contributed by atoms with van der Waals surface area (Å²) in [6, 6.07) is 0. The number of carbonyl (C=O) groups excluding carboxylic acids is 1. The van der Waals surface area contributed by atoms with Crippen molar-refractivity contribution in [3.8, 4) is 0 Å². The fourth-order valence-corrected chi connectivity index (χ4v) is 2.07. The van der Waals surface area contributed by atoms with E-state index in [9.17, 15) is 14.0 Å². The molecule has 0 aromatic heterocycles. The second-order valence-electron chi connectivity index (χ2n) is 6.33. The number of carboxylic acid groups (broad SMARTS) is 1. The van der Waals surface area contributed by atoms with Crippen LogP contribution in [0.1, 0.15) is 41.0 Å². The molecule has 1 heterocycles. The molecule has 6 heteroatoms. The summed E-state index contributed by atoms with van der Waals surface area (Å²) in [5, 5.41) is 8.88. The summed E-state index contributed by atoms with van der Waals surface area (Å²) < 4.78 is 19.3. The molecule has 1 saturated heterocycles. The Kier molecular flexibility index (Phi) is 3.36. The zero-order valence-corrected chi connectivity index (χ0v) is 11.4. The quantitative estimate of drug-likeness (QED) is 0.785. The van der Waals surface area contributed by atoms with E-state index < -0.39 is 35.4 Å². The third-order valence-corrected chi connectivity index (χ3v) is 2.85. The van der Waals surface area contributed by atoms with Gasteiger partial charge in [0.1, 0.15) is 5.60 Å². The molecule has 0 radical (unpaired) electrons. The third-order valence-electron chi connectivity index (χ3n) is 2.85. The van der Waals surface area contributed by atoms with Gasteiger partial charge in [0.2, 0.25) is 5.67 Å². The van der Waals surface area contributed by atoms with Crippen molar-refractivity contribution in [3.63, 3.8) is 0 Å². The Bertz CT molecular complexity index is 375. The largest absolute Gasteiger partial charge is 0.479 e. The number of nitrogens with zero attached hydrogens (tertiary/aromatic N) is 1. The van der Waals surface area contributed by atoms with Crippen molar-refractivity contribution in [2.75, 3.05) is 6.54 Å². The maximum Gasteiger partial charge on any atom is 0.410 e. The SMILES string of the molecule is CC(C)(C)OC(=O)N1CC(F)(C(=O)O)CC1(C)C. The lowest BCUT2D eigenvalue weighted by Gasteiger charge is -2.32. The fourth-order valence-electron chi connectivity index (χ4n) is 2.07. The number of halogens is 1. The van der Waals surface area contributed by atoms with Crippen molar-refractivity contribution in [1.82, 2.24) is 4.90 Å². The van der Waals surface area contributed by atoms with E-state index in [0.29, 0.717) is 0 Å². The molecule has 1 atom stereocenters. The number of rotatable bonds is 1. The first kappa shape index (κ1) is 14.7. The van der Waals surface area contributed by atoms with Crippen LogP contribution >= 0.6 is 0 Å². The highest BCUT2D eigenvalue weighted by Gasteiger charge is 2.56. The Hall–Kier alpha value is -1.33. The van der Waals surface area contributed by atoms with Crippen molar-refractivity contribution in [3.05, 3.63) is 0 Å². The van der Waals surface area contributed by atoms with E-state index in [0.717, 1.165) is 4.90 Å². The summed E-state index contributed by atoms with van der Waals surface area (Å²) in [5.74, 6) is -1.54. The summed E-state index contributed by atoms with van der Waals surface area (Å²) in [6.45, 7) is 7.88. The summed E-state index contributed by atoms with van der Waals surface area (Å²) >= 11 is 0. The third kappa shape index (κ3) is 2.91. The molecule has 0 aromatic carbocycles. The minimum atomic E-state index is -2.40. The van der Waals surface area contributed by atoms with Gasteiger partial charge in [-0.3, -0.25) is 4.90 Å². The molecule has 1 N–H and O–H groups in total. The summed E-state index contributed by atoms with van der Waals surface area (Å²) in [6.07, 6.45) is -0.928. The predicted octanol–water partition coefficient (Wildman–Crippen LogP) is 2.20. The van der Waals surface area contributed by atoms with E-state index in [1.807, 2.05) is 0 Å². The molecule has 1 aliphatic heterocycles. The average Bonchev–Trinajstić information content (AvgIpc) is 2.34. The van der Waals surface area contributed by atoms with Crippen LogP contribution in [0.3, 0.4) is 0 Å². The van der Waals surface area contributed by atoms with Crippen LogP contribution in [0.15, 0.2) is 0 Å². The van der Waals surface area contributed by atoms with Crippen LogP contribution in [0.2, 0.25) is 0 Å². The van der Waals surface area contributed by atoms with Crippen molar-refractivity contribution in [2.24, 2.45) is 0 Å². The average molecular weight is 261 g/mol. The number of carbonyl (C=O) groups is 2. The number of alkyl halides is 1. The fraction of sp³-hybridized carbons (Fsp3) is 0.833. The molecular formula is C12H20FNO4. The van der Waals surface area contributed by atoms with Crippen LogP contribution in [0.4, 0.5) is 9.18 Å². The van der Waals surface area contributed by atoms with Gasteiger partial charge in [-0.05, 0) is 34.6 Å². The Labute approximate surface area is 106 Å². The van der Waals surface area contributed by atoms with Crippen LogP contribution in [-0.4, -0.2) is 45.4 Å². The second-order valence-corrected chi connectivity index (χ2v) is 6.33. The lowest BCUT2D eigenvalue weighted by atomic mass is 9.94. The molecule has 1 fully saturated rings. The lowest BCUT2D eigenvalue weighted by molar-refractivity contribution is -0.149. The molecule has 18 heavy (non-hydrogen) atoms. The van der Waals surface area contributed by atoms with Gasteiger partial charge in [0, 0.05) is 12.0 Å². The number of amides is 1. The van der Waals surface area contributed by atoms with Gasteiger partial charge in [0.25, 0.3) is 0 Å². The van der Waals surface area contributed by atoms with Gasteiger partial charge >= 0.3 is 12.1 Å². The summed E-state index contributed by atoms with van der Waals surface area (Å²) in [4.78, 5) is 24.0. The van der Waals surface area contributed by atoms with E-state index in [1.165, 1.54) is 0 Å². The smallest absolute Gasteiger partial charge is 0.410 e. The monoisotopic (exact) mass is 261 g/mol. The maximum atomic E-state index is 14.1. The number of hydrogen-bond acceptors (Lipinski definition) is 3. The zero-order valence-electron chi connectivity index (χ0n) is 11.4. The number of aliphatic carboxylic acids is 1. The van der Waals surface area contributed by atoms with Crippen LogP contribution < -0.4 is 0 Å². The van der Waals surface area contributed by atoms with Gasteiger partial charge in [-0.1, -0.05) is 0 Å². The summed E-state index contributed by atoms with van der Waals surface area (Å²) in [5.41, 5.74) is -3.98. The molecule has 0 aromatic rings. The molecular weight excluding hydrogens is 241 g/mol. The molecule has 1 rings (SSSR count). The second kappa shape index (κ2) is 4.10. The first-order valence-electron chi connectivity index (χ1n) is 5.80. The molecule has 1 aliphatic rings. The number of ether oxygens (including phenoxy) is 1. The topological polar surface area (TPSA) is 66.8 Å². The molecule has 1 amide bonds. The van der Waals surface area contributed by atoms with Crippen LogP contribution in [0.25, 0.3) is 0 Å². The molecule has 0 saturated carbocycles. The van der Waals surface area contributed by atoms with Crippen LogP contribution in [0, 0.1) is 0 Å². The van der Waals surface area contributed by atoms with Crippen molar-refractivity contribution in [1.29, 1.82) is 0 Å². The van der Waals surface area contributed by atoms with E-state index in [-0.39, 0.29) is 6.42 Å². The van der Waals surface area contributed by atoms with Crippen molar-refractivity contribution >= 4 is 12.1 Å². The first-order chi connectivity index (χ1) is 7.87. The van der Waals surface area contributed by atoms with Gasteiger partial charge in [0.05, 0.1) is 6.54 Å². The maximum absolute atomic E-state index is 14.1. The van der Waals surface area contributed by atoms with E-state index >= 15 is 0 Å². The van der Waals surface area contributed by atoms with Crippen molar-refractivity contribution in [2.45, 2.75) is 57.8 Å². The van der Waals surface area contributed by atoms with Gasteiger partial charge in [-0.15, -0.1) is 0 Å². The first-order valence-corrected chi connectivity index (χ1v) is 5.80. The molecule has 0 aliphatic carbocycles. The van der Waals surface area contributed by atoms with Crippen LogP contribution in [-0.2, 0) is 9.53 Å².